The maximum atomic E-state index is 2.28. The summed E-state index contributed by atoms with van der Waals surface area (Å²) in [5.74, 6) is 1.17. The molecule has 0 radical (unpaired) electrons. The molecule has 0 N–H and O–H groups in total. The average molecular weight is 435 g/mol. The molecule has 2 aliphatic rings. The Kier molecular flexibility index (Phi) is 8.66. The molecule has 0 heterocycles. The summed E-state index contributed by atoms with van der Waals surface area (Å²) < 4.78 is 0. The monoisotopic (exact) mass is 434 g/mol. The highest BCUT2D eigenvalue weighted by atomic mass is 14.3. The molecule has 6 rings (SSSR count). The van der Waals surface area contributed by atoms with Gasteiger partial charge in [0.2, 0.25) is 0 Å². The van der Waals surface area contributed by atoms with Crippen molar-refractivity contribution >= 4 is 0 Å². The van der Waals surface area contributed by atoms with Gasteiger partial charge in [-0.05, 0) is 50.9 Å². The molecule has 33 heavy (non-hydrogen) atoms. The fourth-order valence-electron chi connectivity index (χ4n) is 5.11. The van der Waals surface area contributed by atoms with Gasteiger partial charge < -0.3 is 0 Å². The van der Waals surface area contributed by atoms with Gasteiger partial charge in [0, 0.05) is 11.8 Å². The second-order valence-corrected chi connectivity index (χ2v) is 8.03. The summed E-state index contributed by atoms with van der Waals surface area (Å²) in [6, 6.07) is 35.0. The van der Waals surface area contributed by atoms with Crippen LogP contribution >= 0.6 is 0 Å². The first-order chi connectivity index (χ1) is 16.3. The summed E-state index contributed by atoms with van der Waals surface area (Å²) in [5.41, 5.74) is 11.6. The van der Waals surface area contributed by atoms with Crippen LogP contribution in [-0.2, 0) is 0 Å². The molecule has 0 atom stereocenters. The topological polar surface area (TPSA) is 0 Å². The third kappa shape index (κ3) is 4.67. The molecule has 170 valence electrons. The Labute approximate surface area is 201 Å². The molecule has 0 amide bonds. The number of hydrogen-bond acceptors (Lipinski definition) is 0. The van der Waals surface area contributed by atoms with Crippen molar-refractivity contribution in [2.75, 3.05) is 0 Å². The molecule has 2 aliphatic carbocycles. The van der Waals surface area contributed by atoms with E-state index in [2.05, 4.69) is 111 Å². The SMILES string of the molecule is CC.CC.CC1c2ccccc2-c2ccccc21.CCC1c2ccccc2-c2ccccc21. The summed E-state index contributed by atoms with van der Waals surface area (Å²) in [6.45, 7) is 12.5. The molecule has 4 aromatic rings. The Morgan fingerprint density at radius 2 is 0.727 bits per heavy atom. The van der Waals surface area contributed by atoms with Gasteiger partial charge in [0.1, 0.15) is 0 Å². The molecule has 0 bridgehead atoms. The Morgan fingerprint density at radius 1 is 0.455 bits per heavy atom. The molecule has 0 saturated carbocycles. The third-order valence-electron chi connectivity index (χ3n) is 6.52. The van der Waals surface area contributed by atoms with E-state index in [1.165, 1.54) is 50.9 Å². The van der Waals surface area contributed by atoms with Gasteiger partial charge in [0.05, 0.1) is 0 Å². The summed E-state index contributed by atoms with van der Waals surface area (Å²) in [4.78, 5) is 0. The zero-order valence-corrected chi connectivity index (χ0v) is 21.1. The first kappa shape index (κ1) is 24.5. The second kappa shape index (κ2) is 11.7. The van der Waals surface area contributed by atoms with Crippen LogP contribution in [-0.4, -0.2) is 0 Å². The van der Waals surface area contributed by atoms with Crippen LogP contribution in [0.2, 0.25) is 0 Å². The normalized spacial score (nSPS) is 12.4. The van der Waals surface area contributed by atoms with E-state index < -0.39 is 0 Å². The Bertz CT molecular complexity index is 1080. The molecule has 0 aromatic heterocycles. The van der Waals surface area contributed by atoms with Crippen molar-refractivity contribution in [3.63, 3.8) is 0 Å². The van der Waals surface area contributed by atoms with Crippen LogP contribution < -0.4 is 0 Å². The van der Waals surface area contributed by atoms with Crippen molar-refractivity contribution in [3.05, 3.63) is 119 Å². The minimum Gasteiger partial charge on any atom is -0.0683 e. The Morgan fingerprint density at radius 3 is 1.06 bits per heavy atom. The maximum Gasteiger partial charge on any atom is 0.00990 e. The van der Waals surface area contributed by atoms with Crippen molar-refractivity contribution in [2.24, 2.45) is 0 Å². The summed E-state index contributed by atoms with van der Waals surface area (Å²) in [6.07, 6.45) is 1.19. The van der Waals surface area contributed by atoms with Gasteiger partial charge in [0.15, 0.2) is 0 Å². The number of benzene rings is 4. The van der Waals surface area contributed by atoms with Crippen molar-refractivity contribution in [2.45, 2.75) is 59.8 Å². The highest BCUT2D eigenvalue weighted by molar-refractivity contribution is 5.79. The zero-order chi connectivity index (χ0) is 23.8. The molecular formula is C33H38. The molecule has 0 unspecified atom stereocenters. The molecule has 0 heteroatoms. The van der Waals surface area contributed by atoms with Crippen LogP contribution in [0.4, 0.5) is 0 Å². The first-order valence-corrected chi connectivity index (χ1v) is 12.7. The smallest absolute Gasteiger partial charge is 0.00990 e. The number of rotatable bonds is 1. The molecular weight excluding hydrogens is 396 g/mol. The minimum atomic E-state index is 0.558. The standard InChI is InChI=1S/C15H14.C14H12.2C2H6/c1-2-11-12-7-3-5-9-14(12)15-10-6-4-8-13(11)15;1-10-11-6-2-4-8-13(11)14-9-5-3-7-12(10)14;2*1-2/h3-11H,2H2,1H3;2-10H,1H3;2*1-2H3. The van der Waals surface area contributed by atoms with Crippen molar-refractivity contribution < 1.29 is 0 Å². The minimum absolute atomic E-state index is 0.558. The highest BCUT2D eigenvalue weighted by Gasteiger charge is 2.26. The van der Waals surface area contributed by atoms with Crippen LogP contribution in [0.1, 0.15) is 82.1 Å². The van der Waals surface area contributed by atoms with Gasteiger partial charge in [-0.15, -0.1) is 0 Å². The van der Waals surface area contributed by atoms with Gasteiger partial charge in [-0.25, -0.2) is 0 Å². The van der Waals surface area contributed by atoms with Crippen LogP contribution in [0.25, 0.3) is 22.3 Å². The molecule has 4 aromatic carbocycles. The van der Waals surface area contributed by atoms with E-state index in [1.807, 2.05) is 27.7 Å². The predicted molar refractivity (Wildman–Crippen MR) is 146 cm³/mol. The Balaban J connectivity index is 0.000000162. The van der Waals surface area contributed by atoms with Gasteiger partial charge in [-0.2, -0.15) is 0 Å². The fourth-order valence-corrected chi connectivity index (χ4v) is 5.11. The molecule has 0 nitrogen and oxygen atoms in total. The molecule has 0 spiro atoms. The van der Waals surface area contributed by atoms with Gasteiger partial charge in [-0.3, -0.25) is 0 Å². The summed E-state index contributed by atoms with van der Waals surface area (Å²) in [5, 5.41) is 0. The van der Waals surface area contributed by atoms with Gasteiger partial charge >= 0.3 is 0 Å². The number of hydrogen-bond donors (Lipinski definition) is 0. The van der Waals surface area contributed by atoms with Crippen LogP contribution in [0.5, 0.6) is 0 Å². The van der Waals surface area contributed by atoms with Crippen LogP contribution in [0.15, 0.2) is 97.1 Å². The zero-order valence-electron chi connectivity index (χ0n) is 21.1. The maximum absolute atomic E-state index is 2.28. The summed E-state index contributed by atoms with van der Waals surface area (Å²) >= 11 is 0. The lowest BCUT2D eigenvalue weighted by Crippen LogP contribution is -1.93. The van der Waals surface area contributed by atoms with E-state index in [-0.39, 0.29) is 0 Å². The van der Waals surface area contributed by atoms with E-state index in [0.29, 0.717) is 11.8 Å². The third-order valence-corrected chi connectivity index (χ3v) is 6.52. The van der Waals surface area contributed by atoms with Gasteiger partial charge in [0.25, 0.3) is 0 Å². The van der Waals surface area contributed by atoms with E-state index in [0.717, 1.165) is 0 Å². The lowest BCUT2D eigenvalue weighted by molar-refractivity contribution is 0.797. The Hall–Kier alpha value is -3.12. The second-order valence-electron chi connectivity index (χ2n) is 8.03. The van der Waals surface area contributed by atoms with Crippen LogP contribution in [0, 0.1) is 0 Å². The lowest BCUT2D eigenvalue weighted by Gasteiger charge is -2.09. The first-order valence-electron chi connectivity index (χ1n) is 12.7. The van der Waals surface area contributed by atoms with Crippen molar-refractivity contribution in [1.82, 2.24) is 0 Å². The fraction of sp³-hybridized carbons (Fsp3) is 0.273. The predicted octanol–water partition coefficient (Wildman–Crippen LogP) is 10.1. The molecule has 0 saturated heterocycles. The lowest BCUT2D eigenvalue weighted by atomic mass is 9.95. The van der Waals surface area contributed by atoms with Crippen molar-refractivity contribution in [1.29, 1.82) is 0 Å². The van der Waals surface area contributed by atoms with Crippen molar-refractivity contribution in [3.8, 4) is 22.3 Å². The van der Waals surface area contributed by atoms with E-state index in [4.69, 9.17) is 0 Å². The summed E-state index contributed by atoms with van der Waals surface area (Å²) in [7, 11) is 0. The largest absolute Gasteiger partial charge is 0.0683 e. The molecule has 0 fully saturated rings. The molecule has 0 aliphatic heterocycles. The van der Waals surface area contributed by atoms with E-state index in [1.54, 1.807) is 0 Å². The van der Waals surface area contributed by atoms with Gasteiger partial charge in [-0.1, -0.05) is 139 Å². The highest BCUT2D eigenvalue weighted by Crippen LogP contribution is 2.46. The van der Waals surface area contributed by atoms with E-state index in [9.17, 15) is 0 Å². The van der Waals surface area contributed by atoms with E-state index >= 15 is 0 Å². The van der Waals surface area contributed by atoms with Crippen LogP contribution in [0.3, 0.4) is 0 Å². The number of fused-ring (bicyclic) bond motifs is 6. The average Bonchev–Trinajstić information content (AvgIpc) is 3.39. The quantitative estimate of drug-likeness (QED) is 0.279.